The fourth-order valence-corrected chi connectivity index (χ4v) is 2.12. The van der Waals surface area contributed by atoms with Crippen LogP contribution >= 0.6 is 0 Å². The van der Waals surface area contributed by atoms with Crippen molar-refractivity contribution >= 4 is 11.7 Å². The molecule has 0 aromatic heterocycles. The molecule has 0 fully saturated rings. The van der Waals surface area contributed by atoms with Crippen molar-refractivity contribution in [2.24, 2.45) is 5.73 Å². The highest BCUT2D eigenvalue weighted by Gasteiger charge is 2.10. The number of primary amides is 1. The molecule has 1 rings (SSSR count). The van der Waals surface area contributed by atoms with Gasteiger partial charge in [0.25, 0.3) is 0 Å². The molecule has 1 aromatic carbocycles. The molecule has 2 amide bonds. The van der Waals surface area contributed by atoms with Crippen LogP contribution in [0.15, 0.2) is 24.3 Å². The second-order valence-corrected chi connectivity index (χ2v) is 5.16. The molecule has 5 nitrogen and oxygen atoms in total. The van der Waals surface area contributed by atoms with Crippen molar-refractivity contribution in [3.8, 4) is 0 Å². The van der Waals surface area contributed by atoms with E-state index in [1.807, 2.05) is 24.3 Å². The van der Waals surface area contributed by atoms with Crippen molar-refractivity contribution in [2.75, 3.05) is 26.0 Å². The number of anilines is 1. The summed E-state index contributed by atoms with van der Waals surface area (Å²) in [6, 6.07) is 7.82. The Morgan fingerprint density at radius 3 is 2.32 bits per heavy atom. The second kappa shape index (κ2) is 7.11. The van der Waals surface area contributed by atoms with Gasteiger partial charge in [-0.2, -0.15) is 0 Å². The summed E-state index contributed by atoms with van der Waals surface area (Å²) in [6.07, 6.45) is 0. The highest BCUT2D eigenvalue weighted by Crippen LogP contribution is 2.16. The second-order valence-electron chi connectivity index (χ2n) is 5.16. The smallest absolute Gasteiger partial charge is 0.316 e. The number of hydrogen-bond acceptors (Lipinski definition) is 3. The molecule has 0 aliphatic heterocycles. The molecule has 2 atom stereocenters. The Balaban J connectivity index is 2.57. The highest BCUT2D eigenvalue weighted by molar-refractivity contribution is 5.87. The Kier molecular flexibility index (Phi) is 5.79. The lowest BCUT2D eigenvalue weighted by Gasteiger charge is -2.23. The summed E-state index contributed by atoms with van der Waals surface area (Å²) < 4.78 is 0. The van der Waals surface area contributed by atoms with Gasteiger partial charge in [-0.3, -0.25) is 0 Å². The van der Waals surface area contributed by atoms with Crippen molar-refractivity contribution in [1.29, 1.82) is 0 Å². The van der Waals surface area contributed by atoms with Crippen LogP contribution in [0.5, 0.6) is 0 Å². The first-order valence-corrected chi connectivity index (χ1v) is 6.45. The Hall–Kier alpha value is -1.59. The molecule has 19 heavy (non-hydrogen) atoms. The van der Waals surface area contributed by atoms with E-state index in [2.05, 4.69) is 43.5 Å². The summed E-state index contributed by atoms with van der Waals surface area (Å²) in [5, 5.41) is 6.08. The summed E-state index contributed by atoms with van der Waals surface area (Å²) in [7, 11) is 4.13. The van der Waals surface area contributed by atoms with Crippen molar-refractivity contribution in [3.05, 3.63) is 29.8 Å². The molecule has 0 aliphatic carbocycles. The van der Waals surface area contributed by atoms with E-state index in [1.165, 1.54) is 5.56 Å². The molecule has 106 valence electrons. The lowest BCUT2D eigenvalue weighted by atomic mass is 10.1. The normalized spacial score (nSPS) is 14.2. The number of urea groups is 1. The molecular weight excluding hydrogens is 240 g/mol. The summed E-state index contributed by atoms with van der Waals surface area (Å²) in [6.45, 7) is 5.29. The van der Waals surface area contributed by atoms with Crippen LogP contribution in [0.3, 0.4) is 0 Å². The molecule has 5 heteroatoms. The predicted octanol–water partition coefficient (Wildman–Crippen LogP) is 1.78. The minimum Gasteiger partial charge on any atom is -0.351 e. The number of nitrogens with one attached hydrogen (secondary N) is 2. The average Bonchev–Trinajstić information content (AvgIpc) is 2.27. The van der Waals surface area contributed by atoms with Crippen LogP contribution in [-0.2, 0) is 0 Å². The number of rotatable bonds is 6. The van der Waals surface area contributed by atoms with E-state index < -0.39 is 6.03 Å². The molecule has 0 bridgehead atoms. The van der Waals surface area contributed by atoms with Crippen LogP contribution in [0.25, 0.3) is 0 Å². The molecule has 0 spiro atoms. The van der Waals surface area contributed by atoms with Crippen LogP contribution in [0.1, 0.15) is 25.5 Å². The molecule has 0 aliphatic rings. The van der Waals surface area contributed by atoms with Crippen LogP contribution in [0.4, 0.5) is 10.5 Å². The lowest BCUT2D eigenvalue weighted by molar-refractivity contribution is 0.259. The lowest BCUT2D eigenvalue weighted by Crippen LogP contribution is -2.37. The quantitative estimate of drug-likeness (QED) is 0.733. The number of amides is 2. The predicted molar refractivity (Wildman–Crippen MR) is 79.2 cm³/mol. The van der Waals surface area contributed by atoms with E-state index in [1.54, 1.807) is 0 Å². The monoisotopic (exact) mass is 264 g/mol. The number of hydrogen-bond donors (Lipinski definition) is 3. The molecule has 0 heterocycles. The van der Waals surface area contributed by atoms with E-state index >= 15 is 0 Å². The molecule has 0 saturated heterocycles. The first-order chi connectivity index (χ1) is 8.88. The number of nitrogens with zero attached hydrogens (tertiary/aromatic N) is 1. The summed E-state index contributed by atoms with van der Waals surface area (Å²) in [5.41, 5.74) is 6.96. The molecule has 0 radical (unpaired) electrons. The van der Waals surface area contributed by atoms with Crippen molar-refractivity contribution in [2.45, 2.75) is 25.9 Å². The van der Waals surface area contributed by atoms with Crippen LogP contribution in [-0.4, -0.2) is 37.6 Å². The summed E-state index contributed by atoms with van der Waals surface area (Å²) in [5.74, 6) is 0. The molecule has 4 N–H and O–H groups in total. The Morgan fingerprint density at radius 2 is 1.84 bits per heavy atom. The van der Waals surface area contributed by atoms with Gasteiger partial charge in [-0.1, -0.05) is 12.1 Å². The van der Waals surface area contributed by atoms with Crippen LogP contribution in [0.2, 0.25) is 0 Å². The maximum absolute atomic E-state index is 10.7. The van der Waals surface area contributed by atoms with E-state index in [0.717, 1.165) is 6.54 Å². The number of carbonyl (C=O) groups excluding carboxylic acids is 1. The van der Waals surface area contributed by atoms with Gasteiger partial charge < -0.3 is 21.3 Å². The topological polar surface area (TPSA) is 70.4 Å². The van der Waals surface area contributed by atoms with E-state index in [-0.39, 0.29) is 6.04 Å². The SMILES string of the molecule is CC(CN(C)C)NC(C)c1ccc(NC(N)=O)cc1. The van der Waals surface area contributed by atoms with Gasteiger partial charge in [0.2, 0.25) is 0 Å². The van der Waals surface area contributed by atoms with Crippen LogP contribution in [0, 0.1) is 0 Å². The Morgan fingerprint density at radius 1 is 1.26 bits per heavy atom. The molecular formula is C14H24N4O. The Labute approximate surface area is 115 Å². The van der Waals surface area contributed by atoms with Gasteiger partial charge in [-0.05, 0) is 45.6 Å². The maximum Gasteiger partial charge on any atom is 0.316 e. The zero-order valence-corrected chi connectivity index (χ0v) is 12.1. The van der Waals surface area contributed by atoms with Crippen LogP contribution < -0.4 is 16.4 Å². The first kappa shape index (κ1) is 15.5. The van der Waals surface area contributed by atoms with E-state index in [4.69, 9.17) is 5.73 Å². The first-order valence-electron chi connectivity index (χ1n) is 6.45. The van der Waals surface area contributed by atoms with Crippen molar-refractivity contribution in [3.63, 3.8) is 0 Å². The van der Waals surface area contributed by atoms with Gasteiger partial charge in [0, 0.05) is 24.3 Å². The minimum atomic E-state index is -0.543. The minimum absolute atomic E-state index is 0.262. The fraction of sp³-hybridized carbons (Fsp3) is 0.500. The number of nitrogens with two attached hydrogens (primary N) is 1. The number of benzene rings is 1. The van der Waals surface area contributed by atoms with Gasteiger partial charge >= 0.3 is 6.03 Å². The zero-order valence-electron chi connectivity index (χ0n) is 12.1. The molecule has 2 unspecified atom stereocenters. The van der Waals surface area contributed by atoms with E-state index in [0.29, 0.717) is 11.7 Å². The third-order valence-electron chi connectivity index (χ3n) is 2.85. The van der Waals surface area contributed by atoms with Crippen molar-refractivity contribution in [1.82, 2.24) is 10.2 Å². The third-order valence-corrected chi connectivity index (χ3v) is 2.85. The average molecular weight is 264 g/mol. The standard InChI is InChI=1S/C14H24N4O/c1-10(9-18(3)4)16-11(2)12-5-7-13(8-6-12)17-14(15)19/h5-8,10-11,16H,9H2,1-4H3,(H3,15,17,19). The number of carbonyl (C=O) groups is 1. The molecule has 1 aromatic rings. The van der Waals surface area contributed by atoms with Gasteiger partial charge in [-0.25, -0.2) is 4.79 Å². The van der Waals surface area contributed by atoms with Crippen molar-refractivity contribution < 1.29 is 4.79 Å². The third kappa shape index (κ3) is 5.72. The zero-order chi connectivity index (χ0) is 14.4. The summed E-state index contributed by atoms with van der Waals surface area (Å²) in [4.78, 5) is 12.9. The largest absolute Gasteiger partial charge is 0.351 e. The maximum atomic E-state index is 10.7. The fourth-order valence-electron chi connectivity index (χ4n) is 2.12. The van der Waals surface area contributed by atoms with Gasteiger partial charge in [0.15, 0.2) is 0 Å². The Bertz CT molecular complexity index is 402. The van der Waals surface area contributed by atoms with E-state index in [9.17, 15) is 4.79 Å². The highest BCUT2D eigenvalue weighted by atomic mass is 16.2. The molecule has 0 saturated carbocycles. The van der Waals surface area contributed by atoms with Gasteiger partial charge in [0.05, 0.1) is 0 Å². The number of likely N-dealkylation sites (N-methyl/N-ethyl adjacent to an activating group) is 1. The van der Waals surface area contributed by atoms with Gasteiger partial charge in [-0.15, -0.1) is 0 Å². The van der Waals surface area contributed by atoms with Gasteiger partial charge in [0.1, 0.15) is 0 Å². The summed E-state index contributed by atoms with van der Waals surface area (Å²) >= 11 is 0.